The number of piperidine rings is 1. The first-order chi connectivity index (χ1) is 4.86. The van der Waals surface area contributed by atoms with E-state index in [-0.39, 0.29) is 5.91 Å². The zero-order chi connectivity index (χ0) is 6.97. The number of carbonyl (C=O) groups excluding carboxylic acids is 1. The summed E-state index contributed by atoms with van der Waals surface area (Å²) in [5.41, 5.74) is 0. The van der Waals surface area contributed by atoms with Gasteiger partial charge in [0.15, 0.2) is 0 Å². The van der Waals surface area contributed by atoms with Gasteiger partial charge in [0.1, 0.15) is 0 Å². The number of carbonyl (C=O) groups is 1. The fourth-order valence-electron chi connectivity index (χ4n) is 1.69. The first-order valence-corrected chi connectivity index (χ1v) is 3.86. The van der Waals surface area contributed by atoms with Crippen molar-refractivity contribution in [2.45, 2.75) is 12.8 Å². The Kier molecular flexibility index (Phi) is 1.38. The molecule has 3 heterocycles. The summed E-state index contributed by atoms with van der Waals surface area (Å²) in [6, 6.07) is 0. The van der Waals surface area contributed by atoms with Crippen LogP contribution in [0, 0.1) is 5.92 Å². The molecule has 0 aromatic rings. The summed E-state index contributed by atoms with van der Waals surface area (Å²) in [6.45, 7) is 2.97. The van der Waals surface area contributed by atoms with Crippen LogP contribution in [0.3, 0.4) is 0 Å². The van der Waals surface area contributed by atoms with Gasteiger partial charge < -0.3 is 5.32 Å². The fourth-order valence-corrected chi connectivity index (χ4v) is 1.69. The molecule has 0 spiro atoms. The van der Waals surface area contributed by atoms with Crippen molar-refractivity contribution in [1.29, 1.82) is 0 Å². The second-order valence-electron chi connectivity index (χ2n) is 3.09. The van der Waals surface area contributed by atoms with Crippen molar-refractivity contribution in [3.63, 3.8) is 0 Å². The van der Waals surface area contributed by atoms with E-state index in [0.717, 1.165) is 32.6 Å². The molecule has 3 heteroatoms. The van der Waals surface area contributed by atoms with Crippen LogP contribution in [0.25, 0.3) is 0 Å². The highest BCUT2D eigenvalue weighted by molar-refractivity contribution is 5.79. The van der Waals surface area contributed by atoms with Crippen LogP contribution in [0.4, 0.5) is 0 Å². The van der Waals surface area contributed by atoms with Crippen molar-refractivity contribution in [2.75, 3.05) is 19.8 Å². The summed E-state index contributed by atoms with van der Waals surface area (Å²) >= 11 is 0. The maximum Gasteiger partial charge on any atom is 0.224 e. The van der Waals surface area contributed by atoms with E-state index in [1.807, 2.05) is 0 Å². The van der Waals surface area contributed by atoms with E-state index in [0.29, 0.717) is 5.92 Å². The minimum absolute atomic E-state index is 0.264. The Balaban J connectivity index is 2.14. The molecule has 0 aliphatic carbocycles. The summed E-state index contributed by atoms with van der Waals surface area (Å²) < 4.78 is 0. The Morgan fingerprint density at radius 3 is 2.80 bits per heavy atom. The normalized spacial score (nSPS) is 39.0. The Bertz CT molecular complexity index is 150. The monoisotopic (exact) mass is 140 g/mol. The topological polar surface area (TPSA) is 32.3 Å². The van der Waals surface area contributed by atoms with Crippen LogP contribution in [0.1, 0.15) is 12.8 Å². The lowest BCUT2D eigenvalue weighted by atomic mass is 9.98. The first-order valence-electron chi connectivity index (χ1n) is 3.86. The molecule has 3 nitrogen and oxygen atoms in total. The van der Waals surface area contributed by atoms with Gasteiger partial charge >= 0.3 is 0 Å². The SMILES string of the molecule is O=C1NCN2CCC1CC2. The number of hydrogen-bond acceptors (Lipinski definition) is 2. The van der Waals surface area contributed by atoms with Crippen LogP contribution in [0.2, 0.25) is 0 Å². The molecule has 1 amide bonds. The molecule has 2 bridgehead atoms. The third kappa shape index (κ3) is 0.904. The third-order valence-electron chi connectivity index (χ3n) is 2.44. The number of rotatable bonds is 0. The van der Waals surface area contributed by atoms with Gasteiger partial charge in [0, 0.05) is 19.0 Å². The lowest BCUT2D eigenvalue weighted by Crippen LogP contribution is -2.33. The minimum Gasteiger partial charge on any atom is -0.343 e. The van der Waals surface area contributed by atoms with E-state index in [1.165, 1.54) is 0 Å². The molecule has 0 aromatic carbocycles. The van der Waals surface area contributed by atoms with Crippen molar-refractivity contribution in [1.82, 2.24) is 10.2 Å². The molecule has 3 rings (SSSR count). The molecule has 0 atom stereocenters. The average molecular weight is 140 g/mol. The van der Waals surface area contributed by atoms with Gasteiger partial charge in [-0.3, -0.25) is 9.69 Å². The highest BCUT2D eigenvalue weighted by atomic mass is 16.2. The predicted molar refractivity (Wildman–Crippen MR) is 37.3 cm³/mol. The van der Waals surface area contributed by atoms with E-state index in [1.54, 1.807) is 0 Å². The van der Waals surface area contributed by atoms with Crippen molar-refractivity contribution in [3.05, 3.63) is 0 Å². The second kappa shape index (κ2) is 2.23. The highest BCUT2D eigenvalue weighted by Crippen LogP contribution is 2.19. The molecule has 3 saturated heterocycles. The van der Waals surface area contributed by atoms with E-state index < -0.39 is 0 Å². The van der Waals surface area contributed by atoms with Crippen LogP contribution >= 0.6 is 0 Å². The number of nitrogens with zero attached hydrogens (tertiary/aromatic N) is 1. The van der Waals surface area contributed by atoms with Crippen LogP contribution in [-0.2, 0) is 4.79 Å². The zero-order valence-electron chi connectivity index (χ0n) is 5.97. The Morgan fingerprint density at radius 2 is 2.10 bits per heavy atom. The van der Waals surface area contributed by atoms with E-state index >= 15 is 0 Å². The molecule has 3 aliphatic heterocycles. The van der Waals surface area contributed by atoms with Gasteiger partial charge in [0.25, 0.3) is 0 Å². The van der Waals surface area contributed by atoms with Gasteiger partial charge in [-0.1, -0.05) is 0 Å². The van der Waals surface area contributed by atoms with Crippen LogP contribution < -0.4 is 5.32 Å². The Labute approximate surface area is 60.4 Å². The molecule has 0 saturated carbocycles. The molecule has 3 fully saturated rings. The molecule has 10 heavy (non-hydrogen) atoms. The molecule has 56 valence electrons. The molecular formula is C7H12N2O. The average Bonchev–Trinajstić information content (AvgIpc) is 2.24. The van der Waals surface area contributed by atoms with Crippen molar-refractivity contribution >= 4 is 5.91 Å². The first kappa shape index (κ1) is 6.16. The largest absolute Gasteiger partial charge is 0.343 e. The standard InChI is InChI=1S/C7H12N2O/c10-7-6-1-3-9(4-2-6)5-8-7/h6H,1-5H2,(H,8,10). The van der Waals surface area contributed by atoms with Gasteiger partial charge in [-0.25, -0.2) is 0 Å². The molecule has 0 radical (unpaired) electrons. The predicted octanol–water partition coefficient (Wildman–Crippen LogP) is -0.214. The van der Waals surface area contributed by atoms with Gasteiger partial charge in [-0.05, 0) is 12.8 Å². The summed E-state index contributed by atoms with van der Waals surface area (Å²) in [4.78, 5) is 13.4. The summed E-state index contributed by atoms with van der Waals surface area (Å²) in [5, 5.41) is 2.89. The highest BCUT2D eigenvalue weighted by Gasteiger charge is 2.28. The number of nitrogens with one attached hydrogen (secondary N) is 1. The van der Waals surface area contributed by atoms with Gasteiger partial charge in [0.2, 0.25) is 5.91 Å². The molecule has 1 N–H and O–H groups in total. The summed E-state index contributed by atoms with van der Waals surface area (Å²) in [5.74, 6) is 0.582. The molecular weight excluding hydrogens is 128 g/mol. The summed E-state index contributed by atoms with van der Waals surface area (Å²) in [7, 11) is 0. The van der Waals surface area contributed by atoms with Gasteiger partial charge in [-0.15, -0.1) is 0 Å². The van der Waals surface area contributed by atoms with Crippen molar-refractivity contribution in [2.24, 2.45) is 5.92 Å². The molecule has 0 aromatic heterocycles. The van der Waals surface area contributed by atoms with E-state index in [4.69, 9.17) is 0 Å². The maximum absolute atomic E-state index is 11.1. The van der Waals surface area contributed by atoms with Crippen LogP contribution in [-0.4, -0.2) is 30.6 Å². The second-order valence-corrected chi connectivity index (χ2v) is 3.09. The molecule has 3 aliphatic rings. The van der Waals surface area contributed by atoms with E-state index in [9.17, 15) is 4.79 Å². The van der Waals surface area contributed by atoms with Crippen molar-refractivity contribution < 1.29 is 4.79 Å². The molecule has 0 unspecified atom stereocenters. The maximum atomic E-state index is 11.1. The summed E-state index contributed by atoms with van der Waals surface area (Å²) in [6.07, 6.45) is 2.12. The lowest BCUT2D eigenvalue weighted by Gasteiger charge is -2.23. The lowest BCUT2D eigenvalue weighted by molar-refractivity contribution is -0.124. The minimum atomic E-state index is 0.264. The van der Waals surface area contributed by atoms with E-state index in [2.05, 4.69) is 10.2 Å². The van der Waals surface area contributed by atoms with Crippen molar-refractivity contribution in [3.8, 4) is 0 Å². The number of amides is 1. The quantitative estimate of drug-likeness (QED) is 0.505. The number of fused-ring (bicyclic) bond motifs is 4. The number of hydrogen-bond donors (Lipinski definition) is 1. The zero-order valence-corrected chi connectivity index (χ0v) is 5.97. The Hall–Kier alpha value is -0.570. The fraction of sp³-hybridized carbons (Fsp3) is 0.857. The Morgan fingerprint density at radius 1 is 1.40 bits per heavy atom. The smallest absolute Gasteiger partial charge is 0.224 e. The van der Waals surface area contributed by atoms with Gasteiger partial charge in [0.05, 0.1) is 6.67 Å². The van der Waals surface area contributed by atoms with Crippen LogP contribution in [0.15, 0.2) is 0 Å². The van der Waals surface area contributed by atoms with Gasteiger partial charge in [-0.2, -0.15) is 0 Å². The van der Waals surface area contributed by atoms with Crippen LogP contribution in [0.5, 0.6) is 0 Å². The third-order valence-corrected chi connectivity index (χ3v) is 2.44.